The Hall–Kier alpha value is -3.12. The number of aliphatic hydroxyl groups is 1. The molecule has 1 N–H and O–H groups in total. The number of rotatable bonds is 10. The van der Waals surface area contributed by atoms with E-state index in [0.29, 0.717) is 43.4 Å². The normalized spacial score (nSPS) is 17.6. The summed E-state index contributed by atoms with van der Waals surface area (Å²) in [5.41, 5.74) is 3.36. The molecule has 0 bridgehead atoms. The SMILES string of the molecule is CCc1ccc([C@H]2C(=C(O)c3ccc(OCC(C)C)cc3C)C(=O)C(=O)N2CCCOC)cc1. The topological polar surface area (TPSA) is 76.1 Å². The number of benzene rings is 2. The summed E-state index contributed by atoms with van der Waals surface area (Å²) in [6.45, 7) is 9.50. The fraction of sp³-hybridized carbons (Fsp3) is 0.429. The first kappa shape index (κ1) is 25.5. The highest BCUT2D eigenvalue weighted by Crippen LogP contribution is 2.40. The van der Waals surface area contributed by atoms with Gasteiger partial charge in [0.25, 0.3) is 11.7 Å². The van der Waals surface area contributed by atoms with Gasteiger partial charge in [-0.1, -0.05) is 45.0 Å². The zero-order valence-corrected chi connectivity index (χ0v) is 20.8. The molecule has 0 unspecified atom stereocenters. The zero-order chi connectivity index (χ0) is 24.8. The minimum absolute atomic E-state index is 0.116. The molecule has 0 aromatic heterocycles. The molecule has 1 saturated heterocycles. The predicted molar refractivity (Wildman–Crippen MR) is 133 cm³/mol. The number of hydrogen-bond acceptors (Lipinski definition) is 5. The number of aryl methyl sites for hydroxylation is 2. The number of hydrogen-bond donors (Lipinski definition) is 1. The molecule has 0 spiro atoms. The molecule has 2 aromatic carbocycles. The highest BCUT2D eigenvalue weighted by atomic mass is 16.5. The molecule has 0 radical (unpaired) electrons. The molecule has 34 heavy (non-hydrogen) atoms. The van der Waals surface area contributed by atoms with Crippen molar-refractivity contribution in [1.82, 2.24) is 4.90 Å². The molecule has 182 valence electrons. The largest absolute Gasteiger partial charge is 0.507 e. The van der Waals surface area contributed by atoms with Crippen molar-refractivity contribution in [3.05, 3.63) is 70.3 Å². The molecule has 6 nitrogen and oxygen atoms in total. The van der Waals surface area contributed by atoms with Crippen molar-refractivity contribution >= 4 is 17.4 Å². The highest BCUT2D eigenvalue weighted by Gasteiger charge is 2.45. The van der Waals surface area contributed by atoms with Gasteiger partial charge >= 0.3 is 0 Å². The first-order valence-corrected chi connectivity index (χ1v) is 11.9. The van der Waals surface area contributed by atoms with Crippen LogP contribution in [-0.2, 0) is 20.7 Å². The third-order valence-electron chi connectivity index (χ3n) is 6.03. The van der Waals surface area contributed by atoms with E-state index in [4.69, 9.17) is 9.47 Å². The first-order chi connectivity index (χ1) is 16.3. The van der Waals surface area contributed by atoms with Gasteiger partial charge in [0.2, 0.25) is 0 Å². The second-order valence-electron chi connectivity index (χ2n) is 9.12. The maximum atomic E-state index is 13.2. The molecule has 2 aromatic rings. The molecule has 3 rings (SSSR count). The van der Waals surface area contributed by atoms with Gasteiger partial charge in [0, 0.05) is 25.8 Å². The van der Waals surface area contributed by atoms with Gasteiger partial charge in [0.1, 0.15) is 11.5 Å². The van der Waals surface area contributed by atoms with Crippen LogP contribution in [0.15, 0.2) is 48.0 Å². The molecule has 1 aliphatic heterocycles. The van der Waals surface area contributed by atoms with Crippen LogP contribution in [0.3, 0.4) is 0 Å². The van der Waals surface area contributed by atoms with Crippen LogP contribution in [0, 0.1) is 12.8 Å². The van der Waals surface area contributed by atoms with Crippen LogP contribution in [0.5, 0.6) is 5.75 Å². The van der Waals surface area contributed by atoms with Crippen molar-refractivity contribution in [2.45, 2.75) is 46.6 Å². The standard InChI is InChI=1S/C28H35NO5/c1-6-20-8-10-21(11-9-20)25-24(27(31)28(32)29(25)14-7-15-33-5)26(30)23-13-12-22(16-19(23)4)34-17-18(2)3/h8-13,16,18,25,30H,6-7,14-15,17H2,1-5H3/t25-/m0/s1. The fourth-order valence-electron chi connectivity index (χ4n) is 4.17. The van der Waals surface area contributed by atoms with Gasteiger partial charge in [-0.15, -0.1) is 0 Å². The molecule has 1 heterocycles. The van der Waals surface area contributed by atoms with Crippen LogP contribution < -0.4 is 4.74 Å². The summed E-state index contributed by atoms with van der Waals surface area (Å²) >= 11 is 0. The number of nitrogens with zero attached hydrogens (tertiary/aromatic N) is 1. The van der Waals surface area contributed by atoms with E-state index >= 15 is 0 Å². The predicted octanol–water partition coefficient (Wildman–Crippen LogP) is 5.05. The molecule has 1 atom stereocenters. The average Bonchev–Trinajstić information content (AvgIpc) is 3.07. The van der Waals surface area contributed by atoms with Crippen LogP contribution in [0.1, 0.15) is 55.5 Å². The van der Waals surface area contributed by atoms with Gasteiger partial charge in [0.15, 0.2) is 0 Å². The van der Waals surface area contributed by atoms with E-state index in [2.05, 4.69) is 20.8 Å². The average molecular weight is 466 g/mol. The Kier molecular flexibility index (Phi) is 8.51. The monoisotopic (exact) mass is 465 g/mol. The Bertz CT molecular complexity index is 1050. The Morgan fingerprint density at radius 2 is 1.82 bits per heavy atom. The van der Waals surface area contributed by atoms with Gasteiger partial charge in [-0.2, -0.15) is 0 Å². The Balaban J connectivity index is 2.06. The second kappa shape index (κ2) is 11.3. The zero-order valence-electron chi connectivity index (χ0n) is 20.8. The van der Waals surface area contributed by atoms with E-state index < -0.39 is 17.7 Å². The number of ketones is 1. The second-order valence-corrected chi connectivity index (χ2v) is 9.12. The lowest BCUT2D eigenvalue weighted by atomic mass is 9.93. The lowest BCUT2D eigenvalue weighted by molar-refractivity contribution is -0.140. The molecule has 6 heteroatoms. The summed E-state index contributed by atoms with van der Waals surface area (Å²) in [6, 6.07) is 12.6. The lowest BCUT2D eigenvalue weighted by Crippen LogP contribution is -2.31. The summed E-state index contributed by atoms with van der Waals surface area (Å²) in [5.74, 6) is -0.336. The number of amides is 1. The smallest absolute Gasteiger partial charge is 0.295 e. The molecule has 0 saturated carbocycles. The number of carbonyl (C=O) groups is 2. The lowest BCUT2D eigenvalue weighted by Gasteiger charge is -2.25. The number of carbonyl (C=O) groups excluding carboxylic acids is 2. The number of methoxy groups -OCH3 is 1. The van der Waals surface area contributed by atoms with Crippen LogP contribution in [-0.4, -0.2) is 48.6 Å². The molecule has 1 amide bonds. The quantitative estimate of drug-likeness (QED) is 0.230. The summed E-state index contributed by atoms with van der Waals surface area (Å²) < 4.78 is 10.9. The minimum Gasteiger partial charge on any atom is -0.507 e. The number of likely N-dealkylation sites (tertiary alicyclic amines) is 1. The maximum Gasteiger partial charge on any atom is 0.295 e. The van der Waals surface area contributed by atoms with Crippen LogP contribution in [0.2, 0.25) is 0 Å². The fourth-order valence-corrected chi connectivity index (χ4v) is 4.17. The Morgan fingerprint density at radius 3 is 2.41 bits per heavy atom. The van der Waals surface area contributed by atoms with E-state index in [1.807, 2.05) is 37.3 Å². The minimum atomic E-state index is -0.668. The van der Waals surface area contributed by atoms with E-state index in [1.165, 1.54) is 0 Å². The van der Waals surface area contributed by atoms with Crippen molar-refractivity contribution in [3.63, 3.8) is 0 Å². The summed E-state index contributed by atoms with van der Waals surface area (Å²) in [4.78, 5) is 27.7. The molecule has 1 aliphatic rings. The number of aliphatic hydroxyl groups excluding tert-OH is 1. The van der Waals surface area contributed by atoms with E-state index in [1.54, 1.807) is 24.1 Å². The van der Waals surface area contributed by atoms with Gasteiger partial charge in [0.05, 0.1) is 18.2 Å². The van der Waals surface area contributed by atoms with E-state index in [9.17, 15) is 14.7 Å². The highest BCUT2D eigenvalue weighted by molar-refractivity contribution is 6.46. The van der Waals surface area contributed by atoms with Crippen LogP contribution in [0.25, 0.3) is 5.76 Å². The number of ether oxygens (including phenoxy) is 2. The van der Waals surface area contributed by atoms with Gasteiger partial charge in [-0.3, -0.25) is 9.59 Å². The van der Waals surface area contributed by atoms with Crippen LogP contribution >= 0.6 is 0 Å². The van der Waals surface area contributed by atoms with E-state index in [0.717, 1.165) is 23.1 Å². The van der Waals surface area contributed by atoms with Crippen LogP contribution in [0.4, 0.5) is 0 Å². The summed E-state index contributed by atoms with van der Waals surface area (Å²) in [6.07, 6.45) is 1.48. The van der Waals surface area contributed by atoms with Gasteiger partial charge in [-0.25, -0.2) is 0 Å². The molecular formula is C28H35NO5. The maximum absolute atomic E-state index is 13.2. The molecule has 1 fully saturated rings. The van der Waals surface area contributed by atoms with Crippen molar-refractivity contribution in [2.75, 3.05) is 26.9 Å². The van der Waals surface area contributed by atoms with E-state index in [-0.39, 0.29) is 11.3 Å². The third kappa shape index (κ3) is 5.50. The number of Topliss-reactive ketones (excluding diaryl/α,β-unsaturated/α-hetero) is 1. The van der Waals surface area contributed by atoms with Gasteiger partial charge in [-0.05, 0) is 60.6 Å². The Labute approximate surface area is 202 Å². The van der Waals surface area contributed by atoms with Crippen molar-refractivity contribution in [2.24, 2.45) is 5.92 Å². The van der Waals surface area contributed by atoms with Gasteiger partial charge < -0.3 is 19.5 Å². The molecular weight excluding hydrogens is 430 g/mol. The van der Waals surface area contributed by atoms with Crippen molar-refractivity contribution in [3.8, 4) is 5.75 Å². The molecule has 0 aliphatic carbocycles. The third-order valence-corrected chi connectivity index (χ3v) is 6.03. The summed E-state index contributed by atoms with van der Waals surface area (Å²) in [7, 11) is 1.60. The van der Waals surface area contributed by atoms with Crippen molar-refractivity contribution in [1.29, 1.82) is 0 Å². The summed E-state index contributed by atoms with van der Waals surface area (Å²) in [5, 5.41) is 11.3. The first-order valence-electron chi connectivity index (χ1n) is 11.9. The Morgan fingerprint density at radius 1 is 1.12 bits per heavy atom. The van der Waals surface area contributed by atoms with Crippen molar-refractivity contribution < 1.29 is 24.2 Å².